The summed E-state index contributed by atoms with van der Waals surface area (Å²) in [6.07, 6.45) is -4.36. The van der Waals surface area contributed by atoms with E-state index in [1.54, 1.807) is 18.2 Å². The molecular weight excluding hydrogens is 371 g/mol. The van der Waals surface area contributed by atoms with E-state index in [0.29, 0.717) is 10.9 Å². The summed E-state index contributed by atoms with van der Waals surface area (Å²) in [5, 5.41) is 2.73. The molecule has 4 heteroatoms. The van der Waals surface area contributed by atoms with Gasteiger partial charge >= 0.3 is 6.18 Å². The Morgan fingerprint density at radius 1 is 0.793 bits per heavy atom. The third-order valence-electron chi connectivity index (χ3n) is 5.97. The molecule has 0 saturated heterocycles. The highest BCUT2D eigenvalue weighted by atomic mass is 19.4. The van der Waals surface area contributed by atoms with Gasteiger partial charge in [-0.15, -0.1) is 0 Å². The fourth-order valence-electron chi connectivity index (χ4n) is 4.07. The number of hydrogen-bond donors (Lipinski definition) is 0. The smallest absolute Gasteiger partial charge is 0.194 e. The SMILES string of the molecule is Cc1ccc2ccccc2c1-c1cc(C(C)(C)C(F)(F)F)c2ccccc2[n+]1C. The molecule has 0 bridgehead atoms. The highest BCUT2D eigenvalue weighted by molar-refractivity contribution is 5.97. The van der Waals surface area contributed by atoms with Gasteiger partial charge in [0.2, 0.25) is 11.2 Å². The number of hydrogen-bond acceptors (Lipinski definition) is 0. The number of fused-ring (bicyclic) bond motifs is 2. The van der Waals surface area contributed by atoms with Crippen molar-refractivity contribution >= 4 is 21.7 Å². The van der Waals surface area contributed by atoms with Gasteiger partial charge in [-0.25, -0.2) is 0 Å². The van der Waals surface area contributed by atoms with Crippen LogP contribution in [0.15, 0.2) is 66.7 Å². The number of aryl methyl sites for hydroxylation is 2. The molecule has 0 atom stereocenters. The summed E-state index contributed by atoms with van der Waals surface area (Å²) >= 11 is 0. The zero-order valence-electron chi connectivity index (χ0n) is 16.9. The molecule has 1 heterocycles. The monoisotopic (exact) mass is 394 g/mol. The maximum Gasteiger partial charge on any atom is 0.397 e. The maximum atomic E-state index is 14.0. The summed E-state index contributed by atoms with van der Waals surface area (Å²) in [7, 11) is 1.92. The average molecular weight is 394 g/mol. The summed E-state index contributed by atoms with van der Waals surface area (Å²) in [5.74, 6) is 0. The molecule has 0 fully saturated rings. The third kappa shape index (κ3) is 2.98. The van der Waals surface area contributed by atoms with Crippen LogP contribution in [0.1, 0.15) is 25.0 Å². The Morgan fingerprint density at radius 2 is 1.41 bits per heavy atom. The van der Waals surface area contributed by atoms with Crippen molar-refractivity contribution in [2.45, 2.75) is 32.4 Å². The molecule has 0 aliphatic heterocycles. The van der Waals surface area contributed by atoms with Gasteiger partial charge < -0.3 is 0 Å². The van der Waals surface area contributed by atoms with Crippen molar-refractivity contribution in [3.8, 4) is 11.3 Å². The van der Waals surface area contributed by atoms with E-state index in [4.69, 9.17) is 0 Å². The van der Waals surface area contributed by atoms with E-state index in [1.165, 1.54) is 13.8 Å². The highest BCUT2D eigenvalue weighted by Crippen LogP contribution is 2.44. The Labute approximate surface area is 168 Å². The lowest BCUT2D eigenvalue weighted by atomic mass is 9.80. The fourth-order valence-corrected chi connectivity index (χ4v) is 4.07. The number of alkyl halides is 3. The van der Waals surface area contributed by atoms with Gasteiger partial charge in [0.1, 0.15) is 7.05 Å². The van der Waals surface area contributed by atoms with E-state index in [1.807, 2.05) is 61.0 Å². The summed E-state index contributed by atoms with van der Waals surface area (Å²) in [4.78, 5) is 0. The minimum Gasteiger partial charge on any atom is -0.194 e. The van der Waals surface area contributed by atoms with Gasteiger partial charge in [0.25, 0.3) is 0 Å². The summed E-state index contributed by atoms with van der Waals surface area (Å²) < 4.78 is 44.0. The van der Waals surface area contributed by atoms with Crippen molar-refractivity contribution in [1.82, 2.24) is 0 Å². The molecule has 0 amide bonds. The Balaban J connectivity index is 2.17. The summed E-state index contributed by atoms with van der Waals surface area (Å²) in [6, 6.07) is 21.1. The highest BCUT2D eigenvalue weighted by Gasteiger charge is 2.50. The topological polar surface area (TPSA) is 3.88 Å². The number of benzene rings is 3. The molecule has 0 unspecified atom stereocenters. The first-order chi connectivity index (χ1) is 13.6. The van der Waals surface area contributed by atoms with Crippen LogP contribution < -0.4 is 4.57 Å². The van der Waals surface area contributed by atoms with Crippen LogP contribution in [0.2, 0.25) is 0 Å². The zero-order chi connectivity index (χ0) is 21.0. The minimum atomic E-state index is -4.36. The Kier molecular flexibility index (Phi) is 4.41. The van der Waals surface area contributed by atoms with Crippen molar-refractivity contribution in [3.63, 3.8) is 0 Å². The third-order valence-corrected chi connectivity index (χ3v) is 5.97. The van der Waals surface area contributed by atoms with E-state index in [0.717, 1.165) is 33.1 Å². The van der Waals surface area contributed by atoms with Gasteiger partial charge in [-0.05, 0) is 48.7 Å². The molecule has 0 saturated carbocycles. The number of nitrogens with zero attached hydrogens (tertiary/aromatic N) is 1. The molecule has 0 spiro atoms. The minimum absolute atomic E-state index is 0.293. The van der Waals surface area contributed by atoms with Gasteiger partial charge in [-0.3, -0.25) is 0 Å². The number of rotatable bonds is 2. The van der Waals surface area contributed by atoms with Crippen LogP contribution in [0, 0.1) is 6.92 Å². The van der Waals surface area contributed by atoms with Crippen LogP contribution in [0.3, 0.4) is 0 Å². The lowest BCUT2D eigenvalue weighted by molar-refractivity contribution is -0.633. The Hall–Kier alpha value is -2.88. The van der Waals surface area contributed by atoms with Crippen LogP contribution in [0.25, 0.3) is 32.9 Å². The van der Waals surface area contributed by atoms with Gasteiger partial charge in [-0.1, -0.05) is 48.5 Å². The van der Waals surface area contributed by atoms with Crippen LogP contribution in [0.4, 0.5) is 13.2 Å². The molecular formula is C25H23F3N+. The van der Waals surface area contributed by atoms with Crippen molar-refractivity contribution in [3.05, 3.63) is 77.9 Å². The second-order valence-corrected chi connectivity index (χ2v) is 8.12. The number of aromatic nitrogens is 1. The molecule has 0 N–H and O–H groups in total. The summed E-state index contributed by atoms with van der Waals surface area (Å²) in [5.41, 5.74) is 1.88. The molecule has 0 radical (unpaired) electrons. The lowest BCUT2D eigenvalue weighted by Crippen LogP contribution is -2.39. The average Bonchev–Trinajstić information content (AvgIpc) is 2.68. The van der Waals surface area contributed by atoms with E-state index in [2.05, 4.69) is 6.07 Å². The molecule has 29 heavy (non-hydrogen) atoms. The molecule has 4 aromatic rings. The van der Waals surface area contributed by atoms with Crippen LogP contribution in [0.5, 0.6) is 0 Å². The van der Waals surface area contributed by atoms with Gasteiger partial charge in [-0.2, -0.15) is 17.7 Å². The van der Waals surface area contributed by atoms with E-state index >= 15 is 0 Å². The molecule has 3 aromatic carbocycles. The van der Waals surface area contributed by atoms with Gasteiger partial charge in [0.15, 0.2) is 0 Å². The number of pyridine rings is 1. The zero-order valence-corrected chi connectivity index (χ0v) is 16.9. The van der Waals surface area contributed by atoms with Gasteiger partial charge in [0.05, 0.1) is 16.4 Å². The maximum absolute atomic E-state index is 14.0. The first kappa shape index (κ1) is 19.4. The van der Waals surface area contributed by atoms with Crippen molar-refractivity contribution in [1.29, 1.82) is 0 Å². The molecule has 0 aliphatic carbocycles. The number of para-hydroxylation sites is 1. The largest absolute Gasteiger partial charge is 0.397 e. The summed E-state index contributed by atoms with van der Waals surface area (Å²) in [6.45, 7) is 4.52. The van der Waals surface area contributed by atoms with E-state index in [9.17, 15) is 13.2 Å². The van der Waals surface area contributed by atoms with Crippen LogP contribution >= 0.6 is 0 Å². The second kappa shape index (κ2) is 6.58. The first-order valence-corrected chi connectivity index (χ1v) is 9.60. The van der Waals surface area contributed by atoms with Crippen LogP contribution in [-0.4, -0.2) is 6.18 Å². The molecule has 1 aromatic heterocycles. The van der Waals surface area contributed by atoms with Crippen molar-refractivity contribution in [2.75, 3.05) is 0 Å². The standard InChI is InChI=1S/C25H23F3N/c1-16-13-14-17-9-5-6-10-18(17)23(16)22-15-20(24(2,3)25(26,27)28)19-11-7-8-12-21(19)29(22)4/h5-15H,1-4H3/q+1. The molecule has 0 aliphatic rings. The molecule has 4 rings (SSSR count). The van der Waals surface area contributed by atoms with Crippen molar-refractivity contribution in [2.24, 2.45) is 7.05 Å². The first-order valence-electron chi connectivity index (χ1n) is 9.60. The van der Waals surface area contributed by atoms with Gasteiger partial charge in [0, 0.05) is 12.1 Å². The normalized spacial score (nSPS) is 12.7. The molecule has 148 valence electrons. The quantitative estimate of drug-likeness (QED) is 0.336. The fraction of sp³-hybridized carbons (Fsp3) is 0.240. The van der Waals surface area contributed by atoms with Crippen molar-refractivity contribution < 1.29 is 17.7 Å². The molecule has 1 nitrogen and oxygen atoms in total. The predicted molar refractivity (Wildman–Crippen MR) is 112 cm³/mol. The van der Waals surface area contributed by atoms with E-state index in [-0.39, 0.29) is 0 Å². The van der Waals surface area contributed by atoms with Crippen LogP contribution in [-0.2, 0) is 12.5 Å². The Morgan fingerprint density at radius 3 is 2.10 bits per heavy atom. The second-order valence-electron chi connectivity index (χ2n) is 8.12. The lowest BCUT2D eigenvalue weighted by Gasteiger charge is -2.29. The van der Waals surface area contributed by atoms with E-state index < -0.39 is 11.6 Å². The Bertz CT molecular complexity index is 1240. The number of halogens is 3. The predicted octanol–water partition coefficient (Wildman–Crippen LogP) is 6.63.